The van der Waals surface area contributed by atoms with Crippen LogP contribution in [0, 0.1) is 0 Å². The van der Waals surface area contributed by atoms with Crippen LogP contribution in [0.4, 0.5) is 0 Å². The minimum absolute atomic E-state index is 0.126. The Kier molecular flexibility index (Phi) is 5.23. The van der Waals surface area contributed by atoms with Gasteiger partial charge in [-0.15, -0.1) is 10.2 Å². The molecule has 0 atom stereocenters. The number of benzene rings is 1. The normalized spacial score (nSPS) is 14.5. The van der Waals surface area contributed by atoms with Gasteiger partial charge in [0, 0.05) is 23.5 Å². The van der Waals surface area contributed by atoms with Crippen LogP contribution in [0.25, 0.3) is 6.08 Å². The van der Waals surface area contributed by atoms with Gasteiger partial charge in [0.25, 0.3) is 0 Å². The first kappa shape index (κ1) is 15.9. The van der Waals surface area contributed by atoms with Crippen molar-refractivity contribution in [3.63, 3.8) is 0 Å². The van der Waals surface area contributed by atoms with Crippen molar-refractivity contribution in [2.24, 2.45) is 0 Å². The van der Waals surface area contributed by atoms with Crippen molar-refractivity contribution in [1.29, 1.82) is 0 Å². The molecular formula is C17H19BrN4O. The number of amides is 1. The predicted octanol–water partition coefficient (Wildman–Crippen LogP) is 3.10. The molecule has 1 aromatic heterocycles. The third kappa shape index (κ3) is 4.28. The molecule has 1 aromatic carbocycles. The Morgan fingerprint density at radius 3 is 2.87 bits per heavy atom. The van der Waals surface area contributed by atoms with Crippen molar-refractivity contribution in [2.45, 2.75) is 38.8 Å². The maximum Gasteiger partial charge on any atom is 0.244 e. The number of fused-ring (bicyclic) bond motifs is 1. The highest BCUT2D eigenvalue weighted by Gasteiger charge is 2.14. The zero-order valence-corrected chi connectivity index (χ0v) is 14.4. The molecule has 0 aliphatic carbocycles. The van der Waals surface area contributed by atoms with Crippen molar-refractivity contribution < 1.29 is 4.79 Å². The predicted molar refractivity (Wildman–Crippen MR) is 92.6 cm³/mol. The van der Waals surface area contributed by atoms with E-state index in [9.17, 15) is 4.79 Å². The Morgan fingerprint density at radius 2 is 2.04 bits per heavy atom. The lowest BCUT2D eigenvalue weighted by molar-refractivity contribution is -0.116. The van der Waals surface area contributed by atoms with Crippen LogP contribution < -0.4 is 5.32 Å². The lowest BCUT2D eigenvalue weighted by Crippen LogP contribution is -2.23. The first-order valence-corrected chi connectivity index (χ1v) is 8.64. The summed E-state index contributed by atoms with van der Waals surface area (Å²) in [5, 5.41) is 11.3. The van der Waals surface area contributed by atoms with Crippen LogP contribution >= 0.6 is 15.9 Å². The number of aryl methyl sites for hydroxylation is 1. The standard InChI is InChI=1S/C17H19BrN4O/c18-14-8-5-13(6-9-14)7-10-17(23)19-12-16-21-20-15-4-2-1-3-11-22(15)16/h5-10H,1-4,11-12H2,(H,19,23)/b10-7+. The molecule has 0 fully saturated rings. The summed E-state index contributed by atoms with van der Waals surface area (Å²) in [6.07, 6.45) is 7.86. The van der Waals surface area contributed by atoms with Gasteiger partial charge in [0.05, 0.1) is 6.54 Å². The largest absolute Gasteiger partial charge is 0.345 e. The maximum absolute atomic E-state index is 11.9. The summed E-state index contributed by atoms with van der Waals surface area (Å²) >= 11 is 3.39. The van der Waals surface area contributed by atoms with Gasteiger partial charge in [-0.1, -0.05) is 34.5 Å². The van der Waals surface area contributed by atoms with Crippen molar-refractivity contribution >= 4 is 27.9 Å². The number of hydrogen-bond donors (Lipinski definition) is 1. The number of halogens is 1. The van der Waals surface area contributed by atoms with Gasteiger partial charge in [0.1, 0.15) is 5.82 Å². The van der Waals surface area contributed by atoms with Crippen molar-refractivity contribution in [1.82, 2.24) is 20.1 Å². The molecule has 0 bridgehead atoms. The van der Waals surface area contributed by atoms with Crippen molar-refractivity contribution in [2.75, 3.05) is 0 Å². The molecule has 1 amide bonds. The number of nitrogens with one attached hydrogen (secondary N) is 1. The van der Waals surface area contributed by atoms with E-state index < -0.39 is 0 Å². The number of carbonyl (C=O) groups excluding carboxylic acids is 1. The molecule has 0 unspecified atom stereocenters. The molecule has 1 aliphatic rings. The van der Waals surface area contributed by atoms with E-state index >= 15 is 0 Å². The Labute approximate surface area is 143 Å². The third-order valence-corrected chi connectivity index (χ3v) is 4.43. The second-order valence-corrected chi connectivity index (χ2v) is 6.51. The van der Waals surface area contributed by atoms with E-state index in [1.807, 2.05) is 24.3 Å². The second-order valence-electron chi connectivity index (χ2n) is 5.60. The van der Waals surface area contributed by atoms with Gasteiger partial charge in [-0.25, -0.2) is 0 Å². The minimum atomic E-state index is -0.126. The van der Waals surface area contributed by atoms with Crippen molar-refractivity contribution in [3.05, 3.63) is 52.0 Å². The monoisotopic (exact) mass is 374 g/mol. The summed E-state index contributed by atoms with van der Waals surface area (Å²) in [5.41, 5.74) is 0.986. The summed E-state index contributed by atoms with van der Waals surface area (Å²) in [6.45, 7) is 1.36. The van der Waals surface area contributed by atoms with Crippen LogP contribution in [0.15, 0.2) is 34.8 Å². The van der Waals surface area contributed by atoms with E-state index in [0.29, 0.717) is 6.54 Å². The molecule has 0 spiro atoms. The van der Waals surface area contributed by atoms with E-state index in [1.54, 1.807) is 12.2 Å². The second kappa shape index (κ2) is 7.55. The minimum Gasteiger partial charge on any atom is -0.345 e. The highest BCUT2D eigenvalue weighted by Crippen LogP contribution is 2.14. The summed E-state index contributed by atoms with van der Waals surface area (Å²) in [6, 6.07) is 7.80. The fourth-order valence-electron chi connectivity index (χ4n) is 2.65. The highest BCUT2D eigenvalue weighted by molar-refractivity contribution is 9.10. The van der Waals surface area contributed by atoms with Gasteiger partial charge in [-0.3, -0.25) is 4.79 Å². The van der Waals surface area contributed by atoms with Gasteiger partial charge in [0.2, 0.25) is 5.91 Å². The zero-order chi connectivity index (χ0) is 16.1. The van der Waals surface area contributed by atoms with Crippen LogP contribution in [0.5, 0.6) is 0 Å². The first-order chi connectivity index (χ1) is 11.2. The molecule has 2 heterocycles. The molecule has 3 rings (SSSR count). The highest BCUT2D eigenvalue weighted by atomic mass is 79.9. The fraction of sp³-hybridized carbons (Fsp3) is 0.353. The molecule has 1 N–H and O–H groups in total. The number of rotatable bonds is 4. The molecule has 5 nitrogen and oxygen atoms in total. The van der Waals surface area contributed by atoms with Crippen LogP contribution in [-0.2, 0) is 24.3 Å². The molecule has 1 aliphatic heterocycles. The number of nitrogens with zero attached hydrogens (tertiary/aromatic N) is 3. The van der Waals surface area contributed by atoms with Gasteiger partial charge in [0.15, 0.2) is 5.82 Å². The van der Waals surface area contributed by atoms with Crippen LogP contribution in [-0.4, -0.2) is 20.7 Å². The Balaban J connectivity index is 1.57. The molecule has 23 heavy (non-hydrogen) atoms. The van der Waals surface area contributed by atoms with E-state index in [2.05, 4.69) is 36.0 Å². The summed E-state index contributed by atoms with van der Waals surface area (Å²) < 4.78 is 3.16. The quantitative estimate of drug-likeness (QED) is 0.836. The molecule has 2 aromatic rings. The van der Waals surface area contributed by atoms with E-state index in [-0.39, 0.29) is 5.91 Å². The Bertz CT molecular complexity index is 706. The van der Waals surface area contributed by atoms with Gasteiger partial charge < -0.3 is 9.88 Å². The Hall–Kier alpha value is -1.95. The smallest absolute Gasteiger partial charge is 0.244 e. The van der Waals surface area contributed by atoms with Crippen LogP contribution in [0.2, 0.25) is 0 Å². The Morgan fingerprint density at radius 1 is 1.22 bits per heavy atom. The average molecular weight is 375 g/mol. The number of carbonyl (C=O) groups is 1. The third-order valence-electron chi connectivity index (χ3n) is 3.90. The van der Waals surface area contributed by atoms with E-state index in [0.717, 1.165) is 41.1 Å². The number of aromatic nitrogens is 3. The summed E-state index contributed by atoms with van der Waals surface area (Å²) in [7, 11) is 0. The molecule has 0 saturated heterocycles. The first-order valence-electron chi connectivity index (χ1n) is 7.85. The van der Waals surface area contributed by atoms with Gasteiger partial charge in [-0.2, -0.15) is 0 Å². The lowest BCUT2D eigenvalue weighted by atomic mass is 10.2. The topological polar surface area (TPSA) is 59.8 Å². The molecule has 0 saturated carbocycles. The van der Waals surface area contributed by atoms with Crippen molar-refractivity contribution in [3.8, 4) is 0 Å². The molecular weight excluding hydrogens is 356 g/mol. The summed E-state index contributed by atoms with van der Waals surface area (Å²) in [5.74, 6) is 1.75. The van der Waals surface area contributed by atoms with Crippen LogP contribution in [0.3, 0.4) is 0 Å². The lowest BCUT2D eigenvalue weighted by Gasteiger charge is -2.07. The zero-order valence-electron chi connectivity index (χ0n) is 12.8. The van der Waals surface area contributed by atoms with Crippen LogP contribution in [0.1, 0.15) is 36.5 Å². The van der Waals surface area contributed by atoms with Gasteiger partial charge >= 0.3 is 0 Å². The summed E-state index contributed by atoms with van der Waals surface area (Å²) in [4.78, 5) is 11.9. The maximum atomic E-state index is 11.9. The molecule has 6 heteroatoms. The molecule has 0 radical (unpaired) electrons. The van der Waals surface area contributed by atoms with E-state index in [4.69, 9.17) is 0 Å². The molecule has 120 valence electrons. The van der Waals surface area contributed by atoms with Gasteiger partial charge in [-0.05, 0) is 36.6 Å². The average Bonchev–Trinajstić information content (AvgIpc) is 2.79. The SMILES string of the molecule is O=C(/C=C/c1ccc(Br)cc1)NCc1nnc2n1CCCCC2. The fourth-order valence-corrected chi connectivity index (χ4v) is 2.91. The number of hydrogen-bond acceptors (Lipinski definition) is 3. The van der Waals surface area contributed by atoms with E-state index in [1.165, 1.54) is 12.8 Å².